The average molecular weight is 320 g/mol. The van der Waals surface area contributed by atoms with Crippen LogP contribution in [0.5, 0.6) is 11.5 Å². The number of rotatable bonds is 8. The standard InChI is InChI=1S/C18H28N2O3/c1-14(23-17-6-4-16(22-2)5-7-17)13-20-18(21)8-3-15-9-11-19-12-10-15/h4-7,14-15,19H,3,8-13H2,1-2H3,(H,20,21). The molecule has 5 heteroatoms. The number of hydrogen-bond acceptors (Lipinski definition) is 4. The predicted octanol–water partition coefficient (Wildman–Crippen LogP) is 2.36. The number of carbonyl (C=O) groups is 1. The number of nitrogens with one attached hydrogen (secondary N) is 2. The van der Waals surface area contributed by atoms with E-state index in [9.17, 15) is 4.79 Å². The molecule has 0 spiro atoms. The molecule has 1 atom stereocenters. The van der Waals surface area contributed by atoms with Gasteiger partial charge >= 0.3 is 0 Å². The molecule has 1 saturated heterocycles. The molecule has 0 aromatic heterocycles. The summed E-state index contributed by atoms with van der Waals surface area (Å²) in [5, 5.41) is 6.31. The molecular formula is C18H28N2O3. The Hall–Kier alpha value is -1.75. The number of piperidine rings is 1. The zero-order chi connectivity index (χ0) is 16.5. The highest BCUT2D eigenvalue weighted by molar-refractivity contribution is 5.75. The average Bonchev–Trinajstić information content (AvgIpc) is 2.60. The third-order valence-corrected chi connectivity index (χ3v) is 4.22. The van der Waals surface area contributed by atoms with Crippen LogP contribution in [0.1, 0.15) is 32.6 Å². The molecule has 0 saturated carbocycles. The summed E-state index contributed by atoms with van der Waals surface area (Å²) in [6.45, 7) is 4.65. The predicted molar refractivity (Wildman–Crippen MR) is 90.9 cm³/mol. The Labute approximate surface area is 138 Å². The zero-order valence-electron chi connectivity index (χ0n) is 14.1. The molecule has 5 nitrogen and oxygen atoms in total. The van der Waals surface area contributed by atoms with Gasteiger partial charge in [0.15, 0.2) is 0 Å². The van der Waals surface area contributed by atoms with E-state index in [0.29, 0.717) is 18.9 Å². The normalized spacial score (nSPS) is 16.6. The molecule has 0 bridgehead atoms. The maximum absolute atomic E-state index is 11.9. The van der Waals surface area contributed by atoms with Crippen LogP contribution < -0.4 is 20.1 Å². The number of amides is 1. The first-order chi connectivity index (χ1) is 11.2. The van der Waals surface area contributed by atoms with E-state index in [1.165, 1.54) is 12.8 Å². The van der Waals surface area contributed by atoms with Gasteiger partial charge in [-0.15, -0.1) is 0 Å². The highest BCUT2D eigenvalue weighted by atomic mass is 16.5. The van der Waals surface area contributed by atoms with Gasteiger partial charge < -0.3 is 20.1 Å². The number of methoxy groups -OCH3 is 1. The first-order valence-corrected chi connectivity index (χ1v) is 8.45. The van der Waals surface area contributed by atoms with Gasteiger partial charge in [0.25, 0.3) is 0 Å². The van der Waals surface area contributed by atoms with Gasteiger partial charge in [-0.1, -0.05) is 0 Å². The number of ether oxygens (including phenoxy) is 2. The van der Waals surface area contributed by atoms with Crippen LogP contribution in [-0.4, -0.2) is 38.8 Å². The van der Waals surface area contributed by atoms with Crippen molar-refractivity contribution in [1.82, 2.24) is 10.6 Å². The highest BCUT2D eigenvalue weighted by Crippen LogP contribution is 2.18. The Morgan fingerprint density at radius 1 is 1.26 bits per heavy atom. The maximum Gasteiger partial charge on any atom is 0.220 e. The number of hydrogen-bond donors (Lipinski definition) is 2. The first-order valence-electron chi connectivity index (χ1n) is 8.45. The van der Waals surface area contributed by atoms with Gasteiger partial charge in [0.2, 0.25) is 5.91 Å². The van der Waals surface area contributed by atoms with Gasteiger partial charge in [0, 0.05) is 6.42 Å². The molecule has 1 fully saturated rings. The van der Waals surface area contributed by atoms with Crippen molar-refractivity contribution in [2.75, 3.05) is 26.7 Å². The van der Waals surface area contributed by atoms with Gasteiger partial charge in [0.05, 0.1) is 13.7 Å². The number of benzene rings is 1. The first kappa shape index (κ1) is 17.6. The lowest BCUT2D eigenvalue weighted by Crippen LogP contribution is -2.34. The van der Waals surface area contributed by atoms with E-state index in [1.54, 1.807) is 7.11 Å². The second-order valence-corrected chi connectivity index (χ2v) is 6.14. The third kappa shape index (κ3) is 6.48. The summed E-state index contributed by atoms with van der Waals surface area (Å²) in [6.07, 6.45) is 3.90. The minimum atomic E-state index is -0.0637. The van der Waals surface area contributed by atoms with Crippen LogP contribution in [0.2, 0.25) is 0 Å². The van der Waals surface area contributed by atoms with Crippen LogP contribution in [0.4, 0.5) is 0 Å². The van der Waals surface area contributed by atoms with Crippen molar-refractivity contribution in [2.45, 2.75) is 38.7 Å². The van der Waals surface area contributed by atoms with Gasteiger partial charge in [-0.2, -0.15) is 0 Å². The molecule has 1 aromatic carbocycles. The van der Waals surface area contributed by atoms with Crippen LogP contribution in [0.3, 0.4) is 0 Å². The van der Waals surface area contributed by atoms with Crippen molar-refractivity contribution in [3.63, 3.8) is 0 Å². The van der Waals surface area contributed by atoms with E-state index in [-0.39, 0.29) is 12.0 Å². The molecule has 1 heterocycles. The number of carbonyl (C=O) groups excluding carboxylic acids is 1. The fourth-order valence-electron chi connectivity index (χ4n) is 2.78. The van der Waals surface area contributed by atoms with E-state index >= 15 is 0 Å². The molecule has 1 aromatic rings. The largest absolute Gasteiger partial charge is 0.497 e. The van der Waals surface area contributed by atoms with E-state index in [0.717, 1.165) is 31.0 Å². The van der Waals surface area contributed by atoms with Crippen molar-refractivity contribution in [3.8, 4) is 11.5 Å². The van der Waals surface area contributed by atoms with Crippen LogP contribution >= 0.6 is 0 Å². The summed E-state index contributed by atoms with van der Waals surface area (Å²) >= 11 is 0. The Kier molecular flexibility index (Phi) is 7.20. The molecule has 0 aliphatic carbocycles. The Balaban J connectivity index is 1.62. The molecule has 1 aliphatic rings. The molecule has 2 rings (SSSR count). The fourth-order valence-corrected chi connectivity index (χ4v) is 2.78. The van der Waals surface area contributed by atoms with Crippen molar-refractivity contribution in [1.29, 1.82) is 0 Å². The molecular weight excluding hydrogens is 292 g/mol. The minimum Gasteiger partial charge on any atom is -0.497 e. The summed E-state index contributed by atoms with van der Waals surface area (Å²) in [6, 6.07) is 7.46. The lowest BCUT2D eigenvalue weighted by molar-refractivity contribution is -0.121. The van der Waals surface area contributed by atoms with Crippen molar-refractivity contribution < 1.29 is 14.3 Å². The minimum absolute atomic E-state index is 0.0637. The summed E-state index contributed by atoms with van der Waals surface area (Å²) in [4.78, 5) is 11.9. The molecule has 128 valence electrons. The summed E-state index contributed by atoms with van der Waals surface area (Å²) in [5.41, 5.74) is 0. The van der Waals surface area contributed by atoms with Gasteiger partial charge in [-0.3, -0.25) is 4.79 Å². The smallest absolute Gasteiger partial charge is 0.220 e. The molecule has 23 heavy (non-hydrogen) atoms. The lowest BCUT2D eigenvalue weighted by Gasteiger charge is -2.22. The fraction of sp³-hybridized carbons (Fsp3) is 0.611. The van der Waals surface area contributed by atoms with E-state index in [2.05, 4.69) is 10.6 Å². The quantitative estimate of drug-likeness (QED) is 0.772. The molecule has 2 N–H and O–H groups in total. The summed E-state index contributed by atoms with van der Waals surface area (Å²) in [5.74, 6) is 2.39. The second kappa shape index (κ2) is 9.40. The topological polar surface area (TPSA) is 59.6 Å². The second-order valence-electron chi connectivity index (χ2n) is 6.14. The molecule has 1 unspecified atom stereocenters. The summed E-state index contributed by atoms with van der Waals surface area (Å²) < 4.78 is 10.9. The van der Waals surface area contributed by atoms with Crippen LogP contribution in [-0.2, 0) is 4.79 Å². The van der Waals surface area contributed by atoms with E-state index in [4.69, 9.17) is 9.47 Å². The van der Waals surface area contributed by atoms with Crippen molar-refractivity contribution in [3.05, 3.63) is 24.3 Å². The van der Waals surface area contributed by atoms with E-state index in [1.807, 2.05) is 31.2 Å². The Morgan fingerprint density at radius 2 is 1.91 bits per heavy atom. The lowest BCUT2D eigenvalue weighted by atomic mass is 9.93. The van der Waals surface area contributed by atoms with E-state index < -0.39 is 0 Å². The van der Waals surface area contributed by atoms with Crippen LogP contribution in [0.15, 0.2) is 24.3 Å². The van der Waals surface area contributed by atoms with Crippen LogP contribution in [0, 0.1) is 5.92 Å². The maximum atomic E-state index is 11.9. The SMILES string of the molecule is COc1ccc(OC(C)CNC(=O)CCC2CCNCC2)cc1. The molecule has 1 aliphatic heterocycles. The third-order valence-electron chi connectivity index (χ3n) is 4.22. The molecule has 0 radical (unpaired) electrons. The monoisotopic (exact) mass is 320 g/mol. The van der Waals surface area contributed by atoms with Gasteiger partial charge in [-0.25, -0.2) is 0 Å². The zero-order valence-corrected chi connectivity index (χ0v) is 14.1. The highest BCUT2D eigenvalue weighted by Gasteiger charge is 2.15. The van der Waals surface area contributed by atoms with Crippen molar-refractivity contribution >= 4 is 5.91 Å². The summed E-state index contributed by atoms with van der Waals surface area (Å²) in [7, 11) is 1.64. The van der Waals surface area contributed by atoms with Gasteiger partial charge in [-0.05, 0) is 69.5 Å². The van der Waals surface area contributed by atoms with Crippen LogP contribution in [0.25, 0.3) is 0 Å². The van der Waals surface area contributed by atoms with Crippen molar-refractivity contribution in [2.24, 2.45) is 5.92 Å². The Morgan fingerprint density at radius 3 is 2.57 bits per heavy atom. The Bertz CT molecular complexity index is 470. The molecule has 1 amide bonds. The van der Waals surface area contributed by atoms with Gasteiger partial charge in [0.1, 0.15) is 17.6 Å².